The molecular formula is C21H17FN4O3. The summed E-state index contributed by atoms with van der Waals surface area (Å²) in [5.74, 6) is -0.890. The number of halogens is 1. The average Bonchev–Trinajstić information content (AvgIpc) is 3.15. The second-order valence-corrected chi connectivity index (χ2v) is 6.60. The summed E-state index contributed by atoms with van der Waals surface area (Å²) in [6, 6.07) is 14.8. The van der Waals surface area contributed by atoms with Gasteiger partial charge in [-0.3, -0.25) is 14.4 Å². The fraction of sp³-hybridized carbons (Fsp3) is 0.143. The van der Waals surface area contributed by atoms with E-state index in [0.29, 0.717) is 24.3 Å². The lowest BCUT2D eigenvalue weighted by atomic mass is 10.2. The standard InChI is InChI=1S/C21H17FN4O3/c22-14-6-8-16(9-7-14)26-20(28)11-10-18(24-26)21(29)23-15-3-1-4-17(13-15)25-12-2-5-19(25)27/h1,3-4,6-11,13H,2,5,12H2,(H,23,29). The Hall–Kier alpha value is -3.81. The summed E-state index contributed by atoms with van der Waals surface area (Å²) in [6.07, 6.45) is 1.33. The van der Waals surface area contributed by atoms with Gasteiger partial charge in [-0.25, -0.2) is 4.39 Å². The summed E-state index contributed by atoms with van der Waals surface area (Å²) in [7, 11) is 0. The monoisotopic (exact) mass is 392 g/mol. The predicted molar refractivity (Wildman–Crippen MR) is 106 cm³/mol. The van der Waals surface area contributed by atoms with Crippen LogP contribution in [0.25, 0.3) is 5.69 Å². The highest BCUT2D eigenvalue weighted by molar-refractivity contribution is 6.03. The molecule has 0 atom stereocenters. The lowest BCUT2D eigenvalue weighted by Crippen LogP contribution is -2.25. The van der Waals surface area contributed by atoms with E-state index in [1.54, 1.807) is 23.1 Å². The van der Waals surface area contributed by atoms with Gasteiger partial charge in [-0.1, -0.05) is 6.07 Å². The Bertz CT molecular complexity index is 1140. The van der Waals surface area contributed by atoms with Gasteiger partial charge in [-0.05, 0) is 55.0 Å². The second kappa shape index (κ2) is 7.67. The number of amides is 2. The molecule has 0 bridgehead atoms. The maximum Gasteiger partial charge on any atom is 0.276 e. The third-order valence-electron chi connectivity index (χ3n) is 4.59. The van der Waals surface area contributed by atoms with Gasteiger partial charge in [0.1, 0.15) is 11.5 Å². The van der Waals surface area contributed by atoms with Gasteiger partial charge in [0.25, 0.3) is 11.5 Å². The zero-order valence-corrected chi connectivity index (χ0v) is 15.3. The molecule has 1 saturated heterocycles. The van der Waals surface area contributed by atoms with Crippen molar-refractivity contribution in [3.8, 4) is 5.69 Å². The van der Waals surface area contributed by atoms with E-state index in [1.165, 1.54) is 36.4 Å². The number of carbonyl (C=O) groups is 2. The van der Waals surface area contributed by atoms with E-state index in [-0.39, 0.29) is 11.6 Å². The number of hydrogen-bond acceptors (Lipinski definition) is 4. The largest absolute Gasteiger partial charge is 0.321 e. The van der Waals surface area contributed by atoms with Crippen molar-refractivity contribution in [2.75, 3.05) is 16.8 Å². The Balaban J connectivity index is 1.58. The molecule has 8 heteroatoms. The molecule has 7 nitrogen and oxygen atoms in total. The normalized spacial score (nSPS) is 13.6. The summed E-state index contributed by atoms with van der Waals surface area (Å²) in [5, 5.41) is 6.81. The van der Waals surface area contributed by atoms with Crippen molar-refractivity contribution in [3.05, 3.63) is 82.5 Å². The van der Waals surface area contributed by atoms with Crippen LogP contribution in [0.3, 0.4) is 0 Å². The first-order valence-electron chi connectivity index (χ1n) is 9.09. The molecule has 2 aromatic carbocycles. The highest BCUT2D eigenvalue weighted by Crippen LogP contribution is 2.24. The Kier molecular flexibility index (Phi) is 4.90. The fourth-order valence-electron chi connectivity index (χ4n) is 3.17. The molecule has 1 N–H and O–H groups in total. The van der Waals surface area contributed by atoms with Crippen LogP contribution >= 0.6 is 0 Å². The summed E-state index contributed by atoms with van der Waals surface area (Å²) in [4.78, 5) is 38.3. The minimum atomic E-state index is -0.509. The molecule has 0 saturated carbocycles. The fourth-order valence-corrected chi connectivity index (χ4v) is 3.17. The molecule has 2 heterocycles. The molecule has 1 aliphatic heterocycles. The van der Waals surface area contributed by atoms with E-state index in [0.717, 1.165) is 16.8 Å². The number of benzene rings is 2. The zero-order valence-electron chi connectivity index (χ0n) is 15.3. The molecule has 29 heavy (non-hydrogen) atoms. The number of rotatable bonds is 4. The zero-order chi connectivity index (χ0) is 20.4. The van der Waals surface area contributed by atoms with Gasteiger partial charge in [0.15, 0.2) is 0 Å². The van der Waals surface area contributed by atoms with Crippen LogP contribution in [0, 0.1) is 5.82 Å². The van der Waals surface area contributed by atoms with Crippen molar-refractivity contribution in [2.24, 2.45) is 0 Å². The lowest BCUT2D eigenvalue weighted by Gasteiger charge is -2.16. The number of aromatic nitrogens is 2. The quantitative estimate of drug-likeness (QED) is 0.740. The van der Waals surface area contributed by atoms with Crippen LogP contribution in [0.4, 0.5) is 15.8 Å². The number of nitrogens with zero attached hydrogens (tertiary/aromatic N) is 3. The summed E-state index contributed by atoms with van der Waals surface area (Å²) < 4.78 is 14.2. The molecule has 4 rings (SSSR count). The van der Waals surface area contributed by atoms with E-state index in [9.17, 15) is 18.8 Å². The van der Waals surface area contributed by atoms with Crippen molar-refractivity contribution >= 4 is 23.2 Å². The molecule has 1 aliphatic rings. The summed E-state index contributed by atoms with van der Waals surface area (Å²) >= 11 is 0. The van der Waals surface area contributed by atoms with E-state index < -0.39 is 17.3 Å². The third kappa shape index (κ3) is 3.91. The van der Waals surface area contributed by atoms with Crippen LogP contribution in [0.1, 0.15) is 23.3 Å². The topological polar surface area (TPSA) is 84.3 Å². The highest BCUT2D eigenvalue weighted by Gasteiger charge is 2.22. The van der Waals surface area contributed by atoms with Gasteiger partial charge in [0.05, 0.1) is 5.69 Å². The van der Waals surface area contributed by atoms with Gasteiger partial charge in [0, 0.05) is 30.4 Å². The van der Waals surface area contributed by atoms with Crippen molar-refractivity contribution < 1.29 is 14.0 Å². The van der Waals surface area contributed by atoms with Gasteiger partial charge in [0.2, 0.25) is 5.91 Å². The molecule has 1 fully saturated rings. The van der Waals surface area contributed by atoms with Crippen molar-refractivity contribution in [1.82, 2.24) is 9.78 Å². The van der Waals surface area contributed by atoms with Gasteiger partial charge >= 0.3 is 0 Å². The Labute approximate surface area is 165 Å². The maximum absolute atomic E-state index is 13.1. The molecular weight excluding hydrogens is 375 g/mol. The summed E-state index contributed by atoms with van der Waals surface area (Å²) in [5.41, 5.74) is 1.16. The first-order chi connectivity index (χ1) is 14.0. The molecule has 2 amide bonds. The molecule has 0 unspecified atom stereocenters. The van der Waals surface area contributed by atoms with Crippen LogP contribution < -0.4 is 15.8 Å². The number of carbonyl (C=O) groups excluding carboxylic acids is 2. The lowest BCUT2D eigenvalue weighted by molar-refractivity contribution is -0.117. The predicted octanol–water partition coefficient (Wildman–Crippen LogP) is 2.75. The molecule has 0 radical (unpaired) electrons. The molecule has 146 valence electrons. The van der Waals surface area contributed by atoms with E-state index in [2.05, 4.69) is 10.4 Å². The van der Waals surface area contributed by atoms with Crippen LogP contribution in [0.15, 0.2) is 65.5 Å². The Morgan fingerprint density at radius 2 is 1.79 bits per heavy atom. The summed E-state index contributed by atoms with van der Waals surface area (Å²) in [6.45, 7) is 0.653. The smallest absolute Gasteiger partial charge is 0.276 e. The average molecular weight is 392 g/mol. The first kappa shape index (κ1) is 18.5. The number of anilines is 2. The minimum Gasteiger partial charge on any atom is -0.321 e. The molecule has 0 aliphatic carbocycles. The van der Waals surface area contributed by atoms with Crippen molar-refractivity contribution in [2.45, 2.75) is 12.8 Å². The van der Waals surface area contributed by atoms with Gasteiger partial charge < -0.3 is 10.2 Å². The molecule has 0 spiro atoms. The van der Waals surface area contributed by atoms with Crippen LogP contribution in [0.5, 0.6) is 0 Å². The molecule has 1 aromatic heterocycles. The first-order valence-corrected chi connectivity index (χ1v) is 9.09. The van der Waals surface area contributed by atoms with Crippen LogP contribution in [0.2, 0.25) is 0 Å². The Morgan fingerprint density at radius 1 is 1.00 bits per heavy atom. The minimum absolute atomic E-state index is 0.0246. The van der Waals surface area contributed by atoms with Gasteiger partial charge in [-0.15, -0.1) is 0 Å². The SMILES string of the molecule is O=C(Nc1cccc(N2CCCC2=O)c1)c1ccc(=O)n(-c2ccc(F)cc2)n1. The van der Waals surface area contributed by atoms with E-state index >= 15 is 0 Å². The van der Waals surface area contributed by atoms with Crippen molar-refractivity contribution in [1.29, 1.82) is 0 Å². The Morgan fingerprint density at radius 3 is 2.52 bits per heavy atom. The third-order valence-corrected chi connectivity index (χ3v) is 4.59. The van der Waals surface area contributed by atoms with Crippen LogP contribution in [-0.2, 0) is 4.79 Å². The number of hydrogen-bond donors (Lipinski definition) is 1. The second-order valence-electron chi connectivity index (χ2n) is 6.60. The van der Waals surface area contributed by atoms with E-state index in [1.807, 2.05) is 6.07 Å². The molecule has 3 aromatic rings. The van der Waals surface area contributed by atoms with E-state index in [4.69, 9.17) is 0 Å². The number of nitrogens with one attached hydrogen (secondary N) is 1. The van der Waals surface area contributed by atoms with Gasteiger partial charge in [-0.2, -0.15) is 9.78 Å². The van der Waals surface area contributed by atoms with Crippen LogP contribution in [-0.4, -0.2) is 28.1 Å². The highest BCUT2D eigenvalue weighted by atomic mass is 19.1. The maximum atomic E-state index is 13.1. The van der Waals surface area contributed by atoms with Crippen molar-refractivity contribution in [3.63, 3.8) is 0 Å².